The number of carbonyl (C=O) groups is 2. The topological polar surface area (TPSA) is 52.6 Å². The molecule has 1 aliphatic rings. The summed E-state index contributed by atoms with van der Waals surface area (Å²) in [7, 11) is 7.82. The van der Waals surface area contributed by atoms with E-state index in [0.717, 1.165) is 22.5 Å². The van der Waals surface area contributed by atoms with E-state index in [1.807, 2.05) is 86.5 Å². The van der Waals surface area contributed by atoms with Crippen LogP contribution in [-0.2, 0) is 9.59 Å². The Morgan fingerprint density at radius 2 is 0.920 bits per heavy atom. The molecule has 0 aliphatic carbocycles. The molecule has 1 aliphatic heterocycles. The molecule has 0 unspecified atom stereocenters. The van der Waals surface area contributed by atoms with Crippen LogP contribution in [0.5, 0.6) is 0 Å². The molecule has 1 N–H and O–H groups in total. The lowest BCUT2D eigenvalue weighted by Crippen LogP contribution is -2.22. The van der Waals surface area contributed by atoms with Gasteiger partial charge in [-0.25, -0.2) is 0 Å². The molecule has 25 heavy (non-hydrogen) atoms. The summed E-state index contributed by atoms with van der Waals surface area (Å²) in [5, 5.41) is 2.42. The predicted molar refractivity (Wildman–Crippen MR) is 102 cm³/mol. The highest BCUT2D eigenvalue weighted by Crippen LogP contribution is 2.32. The second-order valence-electron chi connectivity index (χ2n) is 6.42. The number of nitrogens with zero attached hydrogens (tertiary/aromatic N) is 2. The Morgan fingerprint density at radius 3 is 1.20 bits per heavy atom. The molecule has 2 amide bonds. The van der Waals surface area contributed by atoms with Gasteiger partial charge in [0, 0.05) is 39.6 Å². The van der Waals surface area contributed by atoms with E-state index in [4.69, 9.17) is 0 Å². The van der Waals surface area contributed by atoms with Crippen LogP contribution in [0.25, 0.3) is 11.1 Å². The number of hydrogen-bond donors (Lipinski definition) is 1. The molecule has 2 aromatic carbocycles. The maximum absolute atomic E-state index is 12.4. The number of benzene rings is 2. The summed E-state index contributed by atoms with van der Waals surface area (Å²) in [5.41, 5.74) is 4.39. The third-order valence-corrected chi connectivity index (χ3v) is 4.28. The zero-order chi connectivity index (χ0) is 18.1. The van der Waals surface area contributed by atoms with Gasteiger partial charge in [-0.2, -0.15) is 0 Å². The molecule has 0 atom stereocenters. The Hall–Kier alpha value is -3.08. The van der Waals surface area contributed by atoms with Crippen LogP contribution in [0.2, 0.25) is 0 Å². The van der Waals surface area contributed by atoms with Gasteiger partial charge in [-0.1, -0.05) is 24.3 Å². The molecular formula is C20H21N3O2. The molecule has 0 spiro atoms. The van der Waals surface area contributed by atoms with Crippen molar-refractivity contribution in [3.05, 3.63) is 59.7 Å². The molecule has 0 saturated heterocycles. The minimum atomic E-state index is -0.353. The maximum atomic E-state index is 12.4. The van der Waals surface area contributed by atoms with Gasteiger partial charge in [0.05, 0.1) is 11.1 Å². The zero-order valence-corrected chi connectivity index (χ0v) is 14.8. The molecule has 5 nitrogen and oxygen atoms in total. The molecule has 128 valence electrons. The van der Waals surface area contributed by atoms with Crippen molar-refractivity contribution in [3.8, 4) is 0 Å². The van der Waals surface area contributed by atoms with E-state index in [1.165, 1.54) is 0 Å². The summed E-state index contributed by atoms with van der Waals surface area (Å²) < 4.78 is 0. The molecular weight excluding hydrogens is 314 g/mol. The molecule has 0 fully saturated rings. The van der Waals surface area contributed by atoms with E-state index >= 15 is 0 Å². The van der Waals surface area contributed by atoms with Crippen molar-refractivity contribution >= 4 is 34.3 Å². The normalized spacial score (nSPS) is 13.9. The van der Waals surface area contributed by atoms with Gasteiger partial charge in [-0.3, -0.25) is 14.9 Å². The predicted octanol–water partition coefficient (Wildman–Crippen LogP) is 2.39. The number of carbonyl (C=O) groups excluding carboxylic acids is 2. The van der Waals surface area contributed by atoms with Gasteiger partial charge in [-0.15, -0.1) is 0 Å². The number of hydrogen-bond acceptors (Lipinski definition) is 4. The zero-order valence-electron chi connectivity index (χ0n) is 14.8. The third-order valence-electron chi connectivity index (χ3n) is 4.28. The molecule has 0 bridgehead atoms. The van der Waals surface area contributed by atoms with Crippen molar-refractivity contribution in [2.24, 2.45) is 0 Å². The van der Waals surface area contributed by atoms with Crippen molar-refractivity contribution in [3.63, 3.8) is 0 Å². The van der Waals surface area contributed by atoms with Gasteiger partial charge < -0.3 is 9.80 Å². The first-order chi connectivity index (χ1) is 11.9. The molecule has 1 heterocycles. The van der Waals surface area contributed by atoms with Crippen LogP contribution in [0, 0.1) is 0 Å². The fourth-order valence-electron chi connectivity index (χ4n) is 2.86. The Morgan fingerprint density at radius 1 is 0.600 bits per heavy atom. The largest absolute Gasteiger partial charge is 0.378 e. The highest BCUT2D eigenvalue weighted by molar-refractivity contribution is 6.49. The Bertz CT molecular complexity index is 776. The van der Waals surface area contributed by atoms with Gasteiger partial charge in [-0.05, 0) is 35.4 Å². The number of amides is 2. The molecule has 0 saturated carbocycles. The molecule has 0 aromatic heterocycles. The molecule has 2 aromatic rings. The first kappa shape index (κ1) is 16.8. The SMILES string of the molecule is CN(C)c1ccc(C2=C(c3ccc(N(C)C)cc3)C(=O)NC2=O)cc1. The van der Waals surface area contributed by atoms with Gasteiger partial charge in [0.1, 0.15) is 0 Å². The average molecular weight is 335 g/mol. The quantitative estimate of drug-likeness (QED) is 0.872. The van der Waals surface area contributed by atoms with Crippen molar-refractivity contribution in [1.82, 2.24) is 5.32 Å². The van der Waals surface area contributed by atoms with Crippen molar-refractivity contribution in [2.45, 2.75) is 0 Å². The minimum Gasteiger partial charge on any atom is -0.378 e. The summed E-state index contributed by atoms with van der Waals surface area (Å²) >= 11 is 0. The van der Waals surface area contributed by atoms with Gasteiger partial charge in [0.2, 0.25) is 0 Å². The molecule has 3 rings (SSSR count). The highest BCUT2D eigenvalue weighted by Gasteiger charge is 2.32. The van der Waals surface area contributed by atoms with Crippen molar-refractivity contribution in [1.29, 1.82) is 0 Å². The fourth-order valence-corrected chi connectivity index (χ4v) is 2.86. The van der Waals surface area contributed by atoms with E-state index in [-0.39, 0.29) is 11.8 Å². The smallest absolute Gasteiger partial charge is 0.259 e. The fraction of sp³-hybridized carbons (Fsp3) is 0.200. The van der Waals surface area contributed by atoms with Crippen LogP contribution in [0.15, 0.2) is 48.5 Å². The standard InChI is InChI=1S/C20H21N3O2/c1-22(2)15-9-5-13(6-10-15)17-18(20(25)21-19(17)24)14-7-11-16(12-8-14)23(3)4/h5-12H,1-4H3,(H,21,24,25). The first-order valence-corrected chi connectivity index (χ1v) is 8.04. The molecule has 0 radical (unpaired) electrons. The number of nitrogens with one attached hydrogen (secondary N) is 1. The van der Waals surface area contributed by atoms with E-state index in [2.05, 4.69) is 5.32 Å². The lowest BCUT2D eigenvalue weighted by atomic mass is 9.96. The Kier molecular flexibility index (Phi) is 4.31. The summed E-state index contributed by atoms with van der Waals surface area (Å²) in [4.78, 5) is 28.7. The number of imide groups is 1. The van der Waals surface area contributed by atoms with E-state index in [1.54, 1.807) is 0 Å². The highest BCUT2D eigenvalue weighted by atomic mass is 16.2. The van der Waals surface area contributed by atoms with Crippen molar-refractivity contribution < 1.29 is 9.59 Å². The van der Waals surface area contributed by atoms with Crippen LogP contribution in [0.4, 0.5) is 11.4 Å². The molecule has 5 heteroatoms. The summed E-state index contributed by atoms with van der Waals surface area (Å²) in [6.45, 7) is 0. The van der Waals surface area contributed by atoms with Gasteiger partial charge in [0.25, 0.3) is 11.8 Å². The van der Waals surface area contributed by atoms with Crippen molar-refractivity contribution in [2.75, 3.05) is 38.0 Å². The van der Waals surface area contributed by atoms with Crippen LogP contribution in [0.1, 0.15) is 11.1 Å². The number of anilines is 2. The second-order valence-corrected chi connectivity index (χ2v) is 6.42. The summed E-state index contributed by atoms with van der Waals surface area (Å²) in [6.07, 6.45) is 0. The van der Waals surface area contributed by atoms with Crippen LogP contribution < -0.4 is 15.1 Å². The minimum absolute atomic E-state index is 0.353. The maximum Gasteiger partial charge on any atom is 0.259 e. The van der Waals surface area contributed by atoms with Crippen LogP contribution in [0.3, 0.4) is 0 Å². The lowest BCUT2D eigenvalue weighted by molar-refractivity contribution is -0.122. The Labute approximate surface area is 147 Å². The monoisotopic (exact) mass is 335 g/mol. The van der Waals surface area contributed by atoms with E-state index < -0.39 is 0 Å². The average Bonchev–Trinajstić information content (AvgIpc) is 2.89. The lowest BCUT2D eigenvalue weighted by Gasteiger charge is -2.14. The van der Waals surface area contributed by atoms with Crippen LogP contribution in [-0.4, -0.2) is 40.0 Å². The summed E-state index contributed by atoms with van der Waals surface area (Å²) in [5.74, 6) is -0.705. The van der Waals surface area contributed by atoms with Gasteiger partial charge >= 0.3 is 0 Å². The van der Waals surface area contributed by atoms with E-state index in [0.29, 0.717) is 11.1 Å². The van der Waals surface area contributed by atoms with E-state index in [9.17, 15) is 9.59 Å². The van der Waals surface area contributed by atoms with Gasteiger partial charge in [0.15, 0.2) is 0 Å². The second kappa shape index (κ2) is 6.43. The van der Waals surface area contributed by atoms with Crippen LogP contribution >= 0.6 is 0 Å². The number of rotatable bonds is 4. The summed E-state index contributed by atoms with van der Waals surface area (Å²) in [6, 6.07) is 15.2. The Balaban J connectivity index is 2.09. The third kappa shape index (κ3) is 3.13. The first-order valence-electron chi connectivity index (χ1n) is 8.04.